The van der Waals surface area contributed by atoms with Crippen LogP contribution < -0.4 is 0 Å². The van der Waals surface area contributed by atoms with Gasteiger partial charge in [0.15, 0.2) is 5.69 Å². The molecule has 0 amide bonds. The fourth-order valence-electron chi connectivity index (χ4n) is 7.46. The minimum absolute atomic E-state index is 0.616. The van der Waals surface area contributed by atoms with Crippen molar-refractivity contribution in [2.75, 3.05) is 0 Å². The number of para-hydroxylation sites is 4. The van der Waals surface area contributed by atoms with E-state index in [1.165, 1.54) is 21.5 Å². The fourth-order valence-corrected chi connectivity index (χ4v) is 7.46. The van der Waals surface area contributed by atoms with E-state index in [1.807, 2.05) is 24.3 Å². The maximum atomic E-state index is 7.80. The maximum Gasteiger partial charge on any atom is 0.189 e. The molecule has 3 heterocycles. The van der Waals surface area contributed by atoms with Gasteiger partial charge in [-0.15, -0.1) is 0 Å². The predicted octanol–water partition coefficient (Wildman–Crippen LogP) is 12.0. The molecule has 0 bridgehead atoms. The molecule has 10 rings (SSSR count). The van der Waals surface area contributed by atoms with Gasteiger partial charge in [-0.2, -0.15) is 0 Å². The number of fused-ring (bicyclic) bond motifs is 9. The van der Waals surface area contributed by atoms with Crippen molar-refractivity contribution in [3.05, 3.63) is 163 Å². The molecule has 4 heteroatoms. The van der Waals surface area contributed by atoms with Gasteiger partial charge in [-0.05, 0) is 60.2 Å². The van der Waals surface area contributed by atoms with Gasteiger partial charge >= 0.3 is 0 Å². The third kappa shape index (κ3) is 3.69. The van der Waals surface area contributed by atoms with Crippen molar-refractivity contribution in [3.8, 4) is 22.5 Å². The zero-order valence-electron chi connectivity index (χ0n) is 25.2. The Bertz CT molecular complexity index is 2860. The Morgan fingerprint density at radius 2 is 1.04 bits per heavy atom. The van der Waals surface area contributed by atoms with Crippen molar-refractivity contribution >= 4 is 71.2 Å². The van der Waals surface area contributed by atoms with Crippen LogP contribution in [0.3, 0.4) is 0 Å². The van der Waals surface area contributed by atoms with Crippen LogP contribution in [0.5, 0.6) is 0 Å². The first-order chi connectivity index (χ1) is 23.3. The summed E-state index contributed by atoms with van der Waals surface area (Å²) in [5.74, 6) is 0. The van der Waals surface area contributed by atoms with E-state index >= 15 is 0 Å². The Morgan fingerprint density at radius 1 is 0.447 bits per heavy atom. The molecule has 10 aromatic rings. The molecule has 0 atom stereocenters. The molecule has 0 fully saturated rings. The molecule has 0 aliphatic rings. The SMILES string of the molecule is [C-]#[N+]c1ccc(-c2ccc(-n3c4ccccc4c4cc5oc6ccccc6c5cc43)cc2)c(-n2c3ccccc3c3ccccc32)c1. The Kier molecular flexibility index (Phi) is 5.32. The molecule has 4 nitrogen and oxygen atoms in total. The van der Waals surface area contributed by atoms with Gasteiger partial charge in [-0.1, -0.05) is 97.1 Å². The lowest BCUT2D eigenvalue weighted by atomic mass is 10.0. The molecule has 0 aliphatic heterocycles. The number of nitrogens with zero attached hydrogens (tertiary/aromatic N) is 3. The standard InChI is InChI=1S/C43H25N3O/c1-44-28-20-23-30(40(24-28)46-38-15-7-2-10-31(38)32-11-3-8-16-39(32)46)27-18-21-29(22-19-27)45-37-14-6-4-12-33(37)35-26-43-36(25-41(35)45)34-13-5-9-17-42(34)47-43/h2-26H. The number of benzene rings is 7. The largest absolute Gasteiger partial charge is 0.456 e. The summed E-state index contributed by atoms with van der Waals surface area (Å²) in [6.07, 6.45) is 0. The summed E-state index contributed by atoms with van der Waals surface area (Å²) in [5, 5.41) is 6.99. The minimum Gasteiger partial charge on any atom is -0.456 e. The average molecular weight is 600 g/mol. The van der Waals surface area contributed by atoms with Gasteiger partial charge in [0.1, 0.15) is 11.2 Å². The van der Waals surface area contributed by atoms with Crippen molar-refractivity contribution < 1.29 is 4.42 Å². The third-order valence-corrected chi connectivity index (χ3v) is 9.54. The van der Waals surface area contributed by atoms with Gasteiger partial charge in [0.25, 0.3) is 0 Å². The highest BCUT2D eigenvalue weighted by molar-refractivity contribution is 6.17. The van der Waals surface area contributed by atoms with Crippen molar-refractivity contribution in [3.63, 3.8) is 0 Å². The number of rotatable bonds is 3. The summed E-state index contributed by atoms with van der Waals surface area (Å²) >= 11 is 0. The Hall–Kier alpha value is -6.57. The second-order valence-corrected chi connectivity index (χ2v) is 12.0. The second kappa shape index (κ2) is 9.71. The first-order valence-electron chi connectivity index (χ1n) is 15.7. The van der Waals surface area contributed by atoms with E-state index in [0.29, 0.717) is 5.69 Å². The number of furan rings is 1. The number of hydrogen-bond donors (Lipinski definition) is 0. The summed E-state index contributed by atoms with van der Waals surface area (Å²) in [7, 11) is 0. The monoisotopic (exact) mass is 599 g/mol. The van der Waals surface area contributed by atoms with Crippen LogP contribution >= 0.6 is 0 Å². The molecule has 0 saturated carbocycles. The molecule has 0 saturated heterocycles. The zero-order chi connectivity index (χ0) is 31.1. The smallest absolute Gasteiger partial charge is 0.189 e. The van der Waals surface area contributed by atoms with Crippen LogP contribution in [0, 0.1) is 6.57 Å². The first kappa shape index (κ1) is 25.7. The van der Waals surface area contributed by atoms with E-state index < -0.39 is 0 Å². The number of aromatic nitrogens is 2. The van der Waals surface area contributed by atoms with Crippen LogP contribution in [-0.4, -0.2) is 9.13 Å². The molecule has 7 aromatic carbocycles. The average Bonchev–Trinajstić information content (AvgIpc) is 3.78. The van der Waals surface area contributed by atoms with Crippen molar-refractivity contribution in [2.24, 2.45) is 0 Å². The normalized spacial score (nSPS) is 11.8. The molecule has 0 spiro atoms. The number of hydrogen-bond acceptors (Lipinski definition) is 1. The van der Waals surface area contributed by atoms with Gasteiger partial charge in [-0.3, -0.25) is 0 Å². The van der Waals surface area contributed by atoms with Crippen LogP contribution in [0.1, 0.15) is 0 Å². The molecule has 47 heavy (non-hydrogen) atoms. The topological polar surface area (TPSA) is 27.4 Å². The second-order valence-electron chi connectivity index (χ2n) is 12.0. The predicted molar refractivity (Wildman–Crippen MR) is 194 cm³/mol. The molecule has 218 valence electrons. The van der Waals surface area contributed by atoms with Gasteiger partial charge in [0, 0.05) is 49.3 Å². The van der Waals surface area contributed by atoms with E-state index in [1.54, 1.807) is 0 Å². The molecular formula is C43H25N3O. The van der Waals surface area contributed by atoms with Crippen LogP contribution in [0.4, 0.5) is 5.69 Å². The van der Waals surface area contributed by atoms with Crippen molar-refractivity contribution in [1.82, 2.24) is 9.13 Å². The lowest BCUT2D eigenvalue weighted by Gasteiger charge is -2.16. The molecular weight excluding hydrogens is 574 g/mol. The van der Waals surface area contributed by atoms with Gasteiger partial charge < -0.3 is 13.6 Å². The van der Waals surface area contributed by atoms with Crippen molar-refractivity contribution in [2.45, 2.75) is 0 Å². The van der Waals surface area contributed by atoms with E-state index in [-0.39, 0.29) is 0 Å². The van der Waals surface area contributed by atoms with Crippen LogP contribution in [0.25, 0.3) is 92.9 Å². The van der Waals surface area contributed by atoms with Gasteiger partial charge in [0.05, 0.1) is 28.6 Å². The molecule has 0 aliphatic carbocycles. The summed E-state index contributed by atoms with van der Waals surface area (Å²) in [6, 6.07) is 53.1. The van der Waals surface area contributed by atoms with Crippen LogP contribution in [0.2, 0.25) is 0 Å². The summed E-state index contributed by atoms with van der Waals surface area (Å²) in [6.45, 7) is 7.80. The molecule has 0 radical (unpaired) electrons. The highest BCUT2D eigenvalue weighted by Crippen LogP contribution is 2.40. The third-order valence-electron chi connectivity index (χ3n) is 9.54. The van der Waals surface area contributed by atoms with Crippen LogP contribution in [0.15, 0.2) is 156 Å². The highest BCUT2D eigenvalue weighted by atomic mass is 16.3. The van der Waals surface area contributed by atoms with E-state index in [9.17, 15) is 0 Å². The quantitative estimate of drug-likeness (QED) is 0.186. The molecule has 0 unspecified atom stereocenters. The maximum absolute atomic E-state index is 7.80. The fraction of sp³-hybridized carbons (Fsp3) is 0. The van der Waals surface area contributed by atoms with E-state index in [4.69, 9.17) is 11.0 Å². The van der Waals surface area contributed by atoms with E-state index in [0.717, 1.165) is 66.5 Å². The van der Waals surface area contributed by atoms with Gasteiger partial charge in [0.2, 0.25) is 0 Å². The molecule has 0 N–H and O–H groups in total. The van der Waals surface area contributed by atoms with E-state index in [2.05, 4.69) is 141 Å². The van der Waals surface area contributed by atoms with Gasteiger partial charge in [-0.25, -0.2) is 4.85 Å². The highest BCUT2D eigenvalue weighted by Gasteiger charge is 2.18. The minimum atomic E-state index is 0.616. The summed E-state index contributed by atoms with van der Waals surface area (Å²) in [4.78, 5) is 3.81. The lowest BCUT2D eigenvalue weighted by molar-refractivity contribution is 0.669. The molecule has 3 aromatic heterocycles. The lowest BCUT2D eigenvalue weighted by Crippen LogP contribution is -1.98. The Labute approximate surface area is 269 Å². The summed E-state index contributed by atoms with van der Waals surface area (Å²) < 4.78 is 10.9. The summed E-state index contributed by atoms with van der Waals surface area (Å²) in [5.41, 5.74) is 11.2. The van der Waals surface area contributed by atoms with Crippen LogP contribution in [-0.2, 0) is 0 Å². The first-order valence-corrected chi connectivity index (χ1v) is 15.7. The Morgan fingerprint density at radius 3 is 1.72 bits per heavy atom. The van der Waals surface area contributed by atoms with Crippen molar-refractivity contribution in [1.29, 1.82) is 0 Å². The zero-order valence-corrected chi connectivity index (χ0v) is 25.2. The Balaban J connectivity index is 1.18.